The van der Waals surface area contributed by atoms with Gasteiger partial charge in [-0.05, 0) is 45.4 Å². The fraction of sp³-hybridized carbons (Fsp3) is 0.389. The van der Waals surface area contributed by atoms with E-state index >= 15 is 0 Å². The molecule has 0 atom stereocenters. The summed E-state index contributed by atoms with van der Waals surface area (Å²) >= 11 is 0. The quantitative estimate of drug-likeness (QED) is 0.850. The molecule has 2 aromatic rings. The highest BCUT2D eigenvalue weighted by atomic mass is 16.5. The zero-order chi connectivity index (χ0) is 17.9. The number of hydrogen-bond donors (Lipinski definition) is 2. The van der Waals surface area contributed by atoms with Crippen LogP contribution in [0.15, 0.2) is 24.3 Å². The SMILES string of the molecule is COc1ccc2cc(C(=O)NC(C)(C)CCC(=O)O)c(C)nc2c1. The highest BCUT2D eigenvalue weighted by Gasteiger charge is 2.23. The molecule has 1 heterocycles. The van der Waals surface area contributed by atoms with Gasteiger partial charge in [0.25, 0.3) is 5.91 Å². The molecule has 0 fully saturated rings. The molecule has 0 aliphatic heterocycles. The number of ether oxygens (including phenoxy) is 1. The molecule has 0 unspecified atom stereocenters. The lowest BCUT2D eigenvalue weighted by Crippen LogP contribution is -2.44. The molecule has 2 rings (SSSR count). The van der Waals surface area contributed by atoms with Gasteiger partial charge >= 0.3 is 5.97 Å². The normalized spacial score (nSPS) is 11.3. The largest absolute Gasteiger partial charge is 0.497 e. The van der Waals surface area contributed by atoms with Crippen molar-refractivity contribution in [2.24, 2.45) is 0 Å². The third kappa shape index (κ3) is 4.22. The lowest BCUT2D eigenvalue weighted by atomic mass is 9.97. The van der Waals surface area contributed by atoms with Crippen LogP contribution in [-0.4, -0.2) is 34.6 Å². The van der Waals surface area contributed by atoms with Crippen molar-refractivity contribution >= 4 is 22.8 Å². The van der Waals surface area contributed by atoms with Crippen LogP contribution in [0.1, 0.15) is 42.7 Å². The van der Waals surface area contributed by atoms with Crippen molar-refractivity contribution in [3.8, 4) is 5.75 Å². The van der Waals surface area contributed by atoms with E-state index in [4.69, 9.17) is 9.84 Å². The fourth-order valence-electron chi connectivity index (χ4n) is 2.46. The predicted octanol–water partition coefficient (Wildman–Crippen LogP) is 2.93. The lowest BCUT2D eigenvalue weighted by molar-refractivity contribution is -0.137. The second kappa shape index (κ2) is 6.86. The van der Waals surface area contributed by atoms with Gasteiger partial charge in [-0.15, -0.1) is 0 Å². The number of fused-ring (bicyclic) bond motifs is 1. The molecule has 0 spiro atoms. The van der Waals surface area contributed by atoms with Gasteiger partial charge in [-0.3, -0.25) is 14.6 Å². The van der Waals surface area contributed by atoms with Crippen LogP contribution in [-0.2, 0) is 4.79 Å². The summed E-state index contributed by atoms with van der Waals surface area (Å²) in [4.78, 5) is 27.8. The van der Waals surface area contributed by atoms with Crippen molar-refractivity contribution in [1.82, 2.24) is 10.3 Å². The molecule has 1 aromatic heterocycles. The molecule has 2 N–H and O–H groups in total. The van der Waals surface area contributed by atoms with E-state index in [2.05, 4.69) is 10.3 Å². The first-order valence-electron chi connectivity index (χ1n) is 7.71. The van der Waals surface area contributed by atoms with Gasteiger partial charge in [-0.2, -0.15) is 0 Å². The minimum absolute atomic E-state index is 0.00201. The molecule has 0 aliphatic carbocycles. The molecular weight excluding hydrogens is 308 g/mol. The Morgan fingerprint density at radius 1 is 1.29 bits per heavy atom. The van der Waals surface area contributed by atoms with E-state index in [1.165, 1.54) is 0 Å². The minimum atomic E-state index is -0.880. The molecule has 0 aliphatic rings. The Bertz CT molecular complexity index is 784. The van der Waals surface area contributed by atoms with Crippen LogP contribution in [0.25, 0.3) is 10.9 Å². The Morgan fingerprint density at radius 3 is 2.62 bits per heavy atom. The summed E-state index contributed by atoms with van der Waals surface area (Å²) in [6.45, 7) is 5.39. The van der Waals surface area contributed by atoms with Crippen LogP contribution in [0.3, 0.4) is 0 Å². The highest BCUT2D eigenvalue weighted by Crippen LogP contribution is 2.22. The Kier molecular flexibility index (Phi) is 5.07. The molecule has 0 saturated carbocycles. The third-order valence-corrected chi connectivity index (χ3v) is 3.88. The Labute approximate surface area is 140 Å². The number of hydrogen-bond acceptors (Lipinski definition) is 4. The van der Waals surface area contributed by atoms with E-state index in [-0.39, 0.29) is 12.3 Å². The van der Waals surface area contributed by atoms with Gasteiger partial charge in [0.2, 0.25) is 0 Å². The van der Waals surface area contributed by atoms with E-state index in [9.17, 15) is 9.59 Å². The maximum atomic E-state index is 12.6. The number of aryl methyl sites for hydroxylation is 1. The second-order valence-electron chi connectivity index (χ2n) is 6.41. The minimum Gasteiger partial charge on any atom is -0.497 e. The third-order valence-electron chi connectivity index (χ3n) is 3.88. The van der Waals surface area contributed by atoms with Crippen LogP contribution >= 0.6 is 0 Å². The lowest BCUT2D eigenvalue weighted by Gasteiger charge is -2.26. The van der Waals surface area contributed by atoms with Crippen molar-refractivity contribution in [2.45, 2.75) is 39.2 Å². The number of aromatic nitrogens is 1. The number of carboxylic acids is 1. The molecule has 6 heteroatoms. The van der Waals surface area contributed by atoms with Gasteiger partial charge in [0.05, 0.1) is 23.9 Å². The smallest absolute Gasteiger partial charge is 0.303 e. The molecule has 1 aromatic carbocycles. The number of nitrogens with zero attached hydrogens (tertiary/aromatic N) is 1. The van der Waals surface area contributed by atoms with Crippen LogP contribution in [0, 0.1) is 6.92 Å². The molecule has 1 amide bonds. The van der Waals surface area contributed by atoms with Gasteiger partial charge in [0, 0.05) is 23.4 Å². The van der Waals surface area contributed by atoms with Crippen molar-refractivity contribution in [3.63, 3.8) is 0 Å². The topological polar surface area (TPSA) is 88.5 Å². The van der Waals surface area contributed by atoms with E-state index in [0.29, 0.717) is 23.4 Å². The Morgan fingerprint density at radius 2 is 2.00 bits per heavy atom. The fourth-order valence-corrected chi connectivity index (χ4v) is 2.46. The number of nitrogens with one attached hydrogen (secondary N) is 1. The highest BCUT2D eigenvalue weighted by molar-refractivity contribution is 5.99. The zero-order valence-electron chi connectivity index (χ0n) is 14.3. The summed E-state index contributed by atoms with van der Waals surface area (Å²) in [6.07, 6.45) is 0.355. The van der Waals surface area contributed by atoms with Crippen LogP contribution in [0.2, 0.25) is 0 Å². The number of carbonyl (C=O) groups is 2. The Hall–Kier alpha value is -2.63. The van der Waals surface area contributed by atoms with Crippen molar-refractivity contribution in [3.05, 3.63) is 35.5 Å². The summed E-state index contributed by atoms with van der Waals surface area (Å²) in [6, 6.07) is 7.28. The van der Waals surface area contributed by atoms with Crippen LogP contribution in [0.5, 0.6) is 5.75 Å². The standard InChI is InChI=1S/C18H22N2O4/c1-11-14(17(23)20-18(2,3)8-7-16(21)22)9-12-5-6-13(24-4)10-15(12)19-11/h5-6,9-10H,7-8H2,1-4H3,(H,20,23)(H,21,22). The summed E-state index contributed by atoms with van der Waals surface area (Å²) in [7, 11) is 1.59. The van der Waals surface area contributed by atoms with E-state index in [1.54, 1.807) is 20.1 Å². The first-order valence-corrected chi connectivity index (χ1v) is 7.71. The number of pyridine rings is 1. The predicted molar refractivity (Wildman–Crippen MR) is 91.4 cm³/mol. The maximum absolute atomic E-state index is 12.6. The van der Waals surface area contributed by atoms with Crippen molar-refractivity contribution in [2.75, 3.05) is 7.11 Å². The van der Waals surface area contributed by atoms with Gasteiger partial charge in [-0.1, -0.05) is 0 Å². The number of methoxy groups -OCH3 is 1. The monoisotopic (exact) mass is 330 g/mol. The number of benzene rings is 1. The molecule has 6 nitrogen and oxygen atoms in total. The number of aliphatic carboxylic acids is 1. The summed E-state index contributed by atoms with van der Waals surface area (Å²) in [5.41, 5.74) is 1.24. The molecule has 0 saturated heterocycles. The van der Waals surface area contributed by atoms with Gasteiger partial charge in [0.15, 0.2) is 0 Å². The van der Waals surface area contributed by atoms with Crippen molar-refractivity contribution in [1.29, 1.82) is 0 Å². The summed E-state index contributed by atoms with van der Waals surface area (Å²) in [5, 5.41) is 12.5. The molecule has 0 bridgehead atoms. The zero-order valence-corrected chi connectivity index (χ0v) is 14.3. The first kappa shape index (κ1) is 17.7. The average molecular weight is 330 g/mol. The number of amides is 1. The molecule has 24 heavy (non-hydrogen) atoms. The maximum Gasteiger partial charge on any atom is 0.303 e. The molecular formula is C18H22N2O4. The molecule has 0 radical (unpaired) electrons. The van der Waals surface area contributed by atoms with Crippen molar-refractivity contribution < 1.29 is 19.4 Å². The van der Waals surface area contributed by atoms with E-state index < -0.39 is 11.5 Å². The Balaban J connectivity index is 2.26. The molecule has 128 valence electrons. The van der Waals surface area contributed by atoms with Crippen LogP contribution in [0.4, 0.5) is 0 Å². The average Bonchev–Trinajstić information content (AvgIpc) is 2.51. The number of rotatable bonds is 6. The summed E-state index contributed by atoms with van der Waals surface area (Å²) in [5.74, 6) is -0.427. The van der Waals surface area contributed by atoms with Gasteiger partial charge < -0.3 is 15.2 Å². The van der Waals surface area contributed by atoms with Gasteiger partial charge in [0.1, 0.15) is 5.75 Å². The van der Waals surface area contributed by atoms with Crippen LogP contribution < -0.4 is 10.1 Å². The second-order valence-corrected chi connectivity index (χ2v) is 6.41. The van der Waals surface area contributed by atoms with Gasteiger partial charge in [-0.25, -0.2) is 0 Å². The number of carboxylic acid groups (broad SMARTS) is 1. The number of carbonyl (C=O) groups excluding carboxylic acids is 1. The van der Waals surface area contributed by atoms with E-state index in [1.807, 2.05) is 32.0 Å². The first-order chi connectivity index (χ1) is 11.2. The summed E-state index contributed by atoms with van der Waals surface area (Å²) < 4.78 is 5.18. The van der Waals surface area contributed by atoms with E-state index in [0.717, 1.165) is 10.9 Å².